The normalized spacial score (nSPS) is 24.8. The molecule has 1 heterocycles. The molecule has 0 aromatic heterocycles. The van der Waals surface area contributed by atoms with Gasteiger partial charge in [-0.2, -0.15) is 0 Å². The highest BCUT2D eigenvalue weighted by Gasteiger charge is 2.35. The summed E-state index contributed by atoms with van der Waals surface area (Å²) in [6, 6.07) is 0. The van der Waals surface area contributed by atoms with Crippen LogP contribution < -0.4 is 0 Å². The fraction of sp³-hybridized carbons (Fsp3) is 0.833. The number of rotatable bonds is 2. The first-order valence-corrected chi connectivity index (χ1v) is 6.04. The third kappa shape index (κ3) is 4.18. The van der Waals surface area contributed by atoms with Gasteiger partial charge in [0, 0.05) is 25.6 Å². The Hall–Kier alpha value is -1.30. The summed E-state index contributed by atoms with van der Waals surface area (Å²) < 4.78 is 5.21. The van der Waals surface area contributed by atoms with E-state index in [2.05, 4.69) is 0 Å². The number of ether oxygens (including phenoxy) is 1. The molecule has 0 spiro atoms. The van der Waals surface area contributed by atoms with Gasteiger partial charge in [-0.25, -0.2) is 4.79 Å². The summed E-state index contributed by atoms with van der Waals surface area (Å²) >= 11 is 0. The molecule has 0 saturated carbocycles. The minimum Gasteiger partial charge on any atom is -0.481 e. The van der Waals surface area contributed by atoms with Gasteiger partial charge in [0.1, 0.15) is 5.60 Å². The highest BCUT2D eigenvalue weighted by Crippen LogP contribution is 2.23. The van der Waals surface area contributed by atoms with Crippen molar-refractivity contribution in [3.05, 3.63) is 0 Å². The van der Waals surface area contributed by atoms with Gasteiger partial charge in [-0.15, -0.1) is 0 Å². The van der Waals surface area contributed by atoms with Gasteiger partial charge in [0.15, 0.2) is 0 Å². The number of carboxylic acids is 1. The zero-order valence-corrected chi connectivity index (χ0v) is 11.0. The topological polar surface area (TPSA) is 87.1 Å². The van der Waals surface area contributed by atoms with Crippen molar-refractivity contribution in [3.63, 3.8) is 0 Å². The minimum absolute atomic E-state index is 0.122. The van der Waals surface area contributed by atoms with Gasteiger partial charge in [-0.1, -0.05) is 0 Å². The van der Waals surface area contributed by atoms with E-state index in [1.165, 1.54) is 4.90 Å². The first kappa shape index (κ1) is 14.8. The summed E-state index contributed by atoms with van der Waals surface area (Å²) in [6.07, 6.45) is -0.127. The number of aliphatic hydroxyl groups excluding tert-OH is 1. The fourth-order valence-electron chi connectivity index (χ4n) is 1.99. The molecule has 6 heteroatoms. The van der Waals surface area contributed by atoms with Crippen LogP contribution >= 0.6 is 0 Å². The van der Waals surface area contributed by atoms with Crippen molar-refractivity contribution in [1.29, 1.82) is 0 Å². The second-order valence-electron chi connectivity index (χ2n) is 5.70. The van der Waals surface area contributed by atoms with E-state index in [4.69, 9.17) is 14.9 Å². The number of carbonyl (C=O) groups excluding carboxylic acids is 1. The highest BCUT2D eigenvalue weighted by molar-refractivity contribution is 5.73. The van der Waals surface area contributed by atoms with Crippen molar-refractivity contribution in [1.82, 2.24) is 4.90 Å². The van der Waals surface area contributed by atoms with Gasteiger partial charge in [0.2, 0.25) is 0 Å². The third-order valence-corrected chi connectivity index (χ3v) is 2.80. The Bertz CT molecular complexity index is 323. The van der Waals surface area contributed by atoms with Crippen molar-refractivity contribution in [3.8, 4) is 0 Å². The predicted molar refractivity (Wildman–Crippen MR) is 64.1 cm³/mol. The van der Waals surface area contributed by atoms with E-state index < -0.39 is 23.6 Å². The average Bonchev–Trinajstić information content (AvgIpc) is 2.26. The SMILES string of the molecule is CC(C)(C)OC(=O)N1C[C@@H](CO)C[C@@H](C(=O)O)C1. The first-order valence-electron chi connectivity index (χ1n) is 6.04. The number of amides is 1. The molecule has 0 aromatic carbocycles. The van der Waals surface area contributed by atoms with Crippen molar-refractivity contribution in [2.45, 2.75) is 32.8 Å². The predicted octanol–water partition coefficient (Wildman–Crippen LogP) is 0.936. The van der Waals surface area contributed by atoms with E-state index in [0.717, 1.165) is 0 Å². The molecule has 1 fully saturated rings. The lowest BCUT2D eigenvalue weighted by molar-refractivity contribution is -0.144. The number of hydrogen-bond acceptors (Lipinski definition) is 4. The summed E-state index contributed by atoms with van der Waals surface area (Å²) in [5.74, 6) is -1.78. The van der Waals surface area contributed by atoms with Crippen LogP contribution in [0, 0.1) is 11.8 Å². The van der Waals surface area contributed by atoms with E-state index in [0.29, 0.717) is 13.0 Å². The second-order valence-corrected chi connectivity index (χ2v) is 5.70. The van der Waals surface area contributed by atoms with E-state index >= 15 is 0 Å². The Morgan fingerprint density at radius 1 is 1.33 bits per heavy atom. The average molecular weight is 259 g/mol. The smallest absolute Gasteiger partial charge is 0.410 e. The van der Waals surface area contributed by atoms with Crippen LogP contribution in [-0.4, -0.2) is 52.5 Å². The van der Waals surface area contributed by atoms with Gasteiger partial charge in [-0.05, 0) is 27.2 Å². The number of piperidine rings is 1. The number of likely N-dealkylation sites (tertiary alicyclic amines) is 1. The molecule has 1 aliphatic rings. The summed E-state index contributed by atoms with van der Waals surface area (Å²) in [5.41, 5.74) is -0.609. The van der Waals surface area contributed by atoms with Gasteiger partial charge >= 0.3 is 12.1 Å². The number of carbonyl (C=O) groups is 2. The standard InChI is InChI=1S/C12H21NO5/c1-12(2,3)18-11(17)13-5-8(7-14)4-9(6-13)10(15)16/h8-9,14H,4-7H2,1-3H3,(H,15,16)/t8-,9+/m0/s1. The lowest BCUT2D eigenvalue weighted by Gasteiger charge is -2.36. The Labute approximate surface area is 107 Å². The summed E-state index contributed by atoms with van der Waals surface area (Å²) in [5, 5.41) is 18.2. The molecule has 1 rings (SSSR count). The molecule has 18 heavy (non-hydrogen) atoms. The van der Waals surface area contributed by atoms with E-state index in [1.807, 2.05) is 0 Å². The molecule has 0 aliphatic carbocycles. The third-order valence-electron chi connectivity index (χ3n) is 2.80. The molecule has 0 aromatic rings. The molecule has 1 amide bonds. The molecule has 1 aliphatic heterocycles. The monoisotopic (exact) mass is 259 g/mol. The van der Waals surface area contributed by atoms with Crippen molar-refractivity contribution < 1.29 is 24.5 Å². The van der Waals surface area contributed by atoms with Crippen LogP contribution in [0.15, 0.2) is 0 Å². The molecular weight excluding hydrogens is 238 g/mol. The van der Waals surface area contributed by atoms with Crippen LogP contribution in [-0.2, 0) is 9.53 Å². The van der Waals surface area contributed by atoms with E-state index in [-0.39, 0.29) is 19.1 Å². The van der Waals surface area contributed by atoms with Gasteiger partial charge in [0.25, 0.3) is 0 Å². The van der Waals surface area contributed by atoms with E-state index in [9.17, 15) is 9.59 Å². The number of aliphatic hydroxyl groups is 1. The van der Waals surface area contributed by atoms with Crippen LogP contribution in [0.25, 0.3) is 0 Å². The number of aliphatic carboxylic acids is 1. The first-order chi connectivity index (χ1) is 8.23. The quantitative estimate of drug-likeness (QED) is 0.770. The van der Waals surface area contributed by atoms with Crippen molar-refractivity contribution >= 4 is 12.1 Å². The molecule has 6 nitrogen and oxygen atoms in total. The highest BCUT2D eigenvalue weighted by atomic mass is 16.6. The largest absolute Gasteiger partial charge is 0.481 e. The lowest BCUT2D eigenvalue weighted by Crippen LogP contribution is -2.48. The number of nitrogens with zero attached hydrogens (tertiary/aromatic N) is 1. The van der Waals surface area contributed by atoms with Crippen molar-refractivity contribution in [2.75, 3.05) is 19.7 Å². The van der Waals surface area contributed by atoms with Crippen LogP contribution in [0.1, 0.15) is 27.2 Å². The zero-order valence-electron chi connectivity index (χ0n) is 11.0. The van der Waals surface area contributed by atoms with Crippen molar-refractivity contribution in [2.24, 2.45) is 11.8 Å². The molecule has 1 saturated heterocycles. The van der Waals surface area contributed by atoms with Crippen LogP contribution in [0.2, 0.25) is 0 Å². The second kappa shape index (κ2) is 5.56. The Morgan fingerprint density at radius 2 is 1.94 bits per heavy atom. The molecule has 0 bridgehead atoms. The molecule has 2 N–H and O–H groups in total. The molecular formula is C12H21NO5. The van der Waals surface area contributed by atoms with Gasteiger partial charge in [-0.3, -0.25) is 4.79 Å². The Kier molecular flexibility index (Phi) is 4.56. The minimum atomic E-state index is -0.943. The maximum absolute atomic E-state index is 11.9. The molecule has 0 radical (unpaired) electrons. The van der Waals surface area contributed by atoms with E-state index in [1.54, 1.807) is 20.8 Å². The zero-order chi connectivity index (χ0) is 13.9. The molecule has 104 valence electrons. The maximum Gasteiger partial charge on any atom is 0.410 e. The van der Waals surface area contributed by atoms with Crippen LogP contribution in [0.5, 0.6) is 0 Å². The summed E-state index contributed by atoms with van der Waals surface area (Å²) in [4.78, 5) is 24.3. The van der Waals surface area contributed by atoms with Gasteiger partial charge < -0.3 is 19.8 Å². The Morgan fingerprint density at radius 3 is 2.39 bits per heavy atom. The molecule has 0 unspecified atom stereocenters. The van der Waals surface area contributed by atoms with Gasteiger partial charge in [0.05, 0.1) is 5.92 Å². The Balaban J connectivity index is 2.69. The summed E-state index contributed by atoms with van der Waals surface area (Å²) in [6.45, 7) is 5.63. The fourth-order valence-corrected chi connectivity index (χ4v) is 1.99. The van der Waals surface area contributed by atoms with Crippen LogP contribution in [0.3, 0.4) is 0 Å². The molecule has 2 atom stereocenters. The summed E-state index contributed by atoms with van der Waals surface area (Å²) in [7, 11) is 0. The maximum atomic E-state index is 11.9. The number of hydrogen-bond donors (Lipinski definition) is 2. The lowest BCUT2D eigenvalue weighted by atomic mass is 9.90. The van der Waals surface area contributed by atoms with Crippen LogP contribution in [0.4, 0.5) is 4.79 Å². The number of carboxylic acid groups (broad SMARTS) is 1.